The van der Waals surface area contributed by atoms with Gasteiger partial charge in [0.25, 0.3) is 0 Å². The van der Waals surface area contributed by atoms with Gasteiger partial charge in [-0.2, -0.15) is 0 Å². The molecule has 0 rings (SSSR count). The van der Waals surface area contributed by atoms with Crippen LogP contribution < -0.4 is 0 Å². The molecule has 0 radical (unpaired) electrons. The second-order valence-corrected chi connectivity index (χ2v) is 7.87. The van der Waals surface area contributed by atoms with E-state index in [0.717, 1.165) is 0 Å². The van der Waals surface area contributed by atoms with Gasteiger partial charge in [-0.05, 0) is 16.7 Å². The second-order valence-electron chi connectivity index (χ2n) is 7.28. The van der Waals surface area contributed by atoms with Gasteiger partial charge in [-0.15, -0.1) is 0 Å². The van der Waals surface area contributed by atoms with E-state index in [9.17, 15) is 9.36 Å². The molecule has 0 atom stereocenters. The first-order valence-electron chi connectivity index (χ1n) is 5.73. The van der Waals surface area contributed by atoms with Crippen LogP contribution in [0.4, 0.5) is 0 Å². The predicted octanol–water partition coefficient (Wildman–Crippen LogP) is 4.54. The standard InChI is InChI=1S/C13H25O2P/c1-11(2,3)9(12(4,5)6)13(7,8)10(14)16-15/h9H,1-8H3. The Labute approximate surface area is 101 Å². The van der Waals surface area contributed by atoms with Crippen LogP contribution in [-0.2, 0) is 9.36 Å². The SMILES string of the molecule is CC(C)(C)C(C(C)(C)C)C(C)(C)C(=O)P=O. The molecule has 0 aromatic carbocycles. The van der Waals surface area contributed by atoms with Crippen molar-refractivity contribution in [3.8, 4) is 0 Å². The summed E-state index contributed by atoms with van der Waals surface area (Å²) in [6, 6.07) is 0. The van der Waals surface area contributed by atoms with Crippen LogP contribution in [0.3, 0.4) is 0 Å². The van der Waals surface area contributed by atoms with E-state index in [-0.39, 0.29) is 30.7 Å². The fourth-order valence-corrected chi connectivity index (χ4v) is 4.07. The highest BCUT2D eigenvalue weighted by atomic mass is 31.1. The van der Waals surface area contributed by atoms with E-state index in [2.05, 4.69) is 41.5 Å². The summed E-state index contributed by atoms with van der Waals surface area (Å²) in [5.74, 6) is 0.168. The zero-order valence-electron chi connectivity index (χ0n) is 11.8. The van der Waals surface area contributed by atoms with Crippen molar-refractivity contribution in [1.82, 2.24) is 0 Å². The molecule has 0 saturated carbocycles. The van der Waals surface area contributed by atoms with Crippen molar-refractivity contribution in [3.05, 3.63) is 0 Å². The summed E-state index contributed by atoms with van der Waals surface area (Å²) in [6.07, 6.45) is 0. The van der Waals surface area contributed by atoms with Crippen LogP contribution in [0, 0.1) is 22.2 Å². The quantitative estimate of drug-likeness (QED) is 0.683. The van der Waals surface area contributed by atoms with Gasteiger partial charge in [-0.1, -0.05) is 55.4 Å². The highest BCUT2D eigenvalue weighted by molar-refractivity contribution is 7.46. The first-order valence-corrected chi connectivity index (χ1v) is 6.54. The van der Waals surface area contributed by atoms with E-state index >= 15 is 0 Å². The molecule has 3 heteroatoms. The van der Waals surface area contributed by atoms with Gasteiger partial charge in [0.2, 0.25) is 14.0 Å². The lowest BCUT2D eigenvalue weighted by Gasteiger charge is -2.48. The van der Waals surface area contributed by atoms with Crippen molar-refractivity contribution in [2.24, 2.45) is 22.2 Å². The van der Waals surface area contributed by atoms with Crippen LogP contribution in [0.5, 0.6) is 0 Å². The van der Waals surface area contributed by atoms with E-state index in [1.54, 1.807) is 0 Å². The third kappa shape index (κ3) is 3.38. The van der Waals surface area contributed by atoms with Gasteiger partial charge in [0.1, 0.15) is 0 Å². The summed E-state index contributed by atoms with van der Waals surface area (Å²) >= 11 is 0. The molecule has 0 fully saturated rings. The summed E-state index contributed by atoms with van der Waals surface area (Å²) in [5.41, 5.74) is -0.772. The first kappa shape index (κ1) is 15.8. The van der Waals surface area contributed by atoms with Gasteiger partial charge < -0.3 is 0 Å². The smallest absolute Gasteiger partial charge is 0.232 e. The molecule has 0 bridgehead atoms. The van der Waals surface area contributed by atoms with Crippen LogP contribution >= 0.6 is 8.46 Å². The topological polar surface area (TPSA) is 34.1 Å². The Hall–Kier alpha value is -0.230. The number of rotatable bonds is 3. The van der Waals surface area contributed by atoms with E-state index in [1.165, 1.54) is 0 Å². The Kier molecular flexibility index (Phi) is 4.50. The van der Waals surface area contributed by atoms with E-state index in [4.69, 9.17) is 0 Å². The number of hydrogen-bond acceptors (Lipinski definition) is 2. The average Bonchev–Trinajstić information content (AvgIpc) is 1.95. The zero-order valence-corrected chi connectivity index (χ0v) is 12.7. The minimum absolute atomic E-state index is 0.00208. The fourth-order valence-electron chi connectivity index (χ4n) is 3.71. The molecule has 0 heterocycles. The summed E-state index contributed by atoms with van der Waals surface area (Å²) in [4.78, 5) is 11.8. The van der Waals surface area contributed by atoms with Crippen LogP contribution in [0.15, 0.2) is 0 Å². The minimum atomic E-state index is -0.570. The Morgan fingerprint density at radius 3 is 1.38 bits per heavy atom. The molecule has 0 saturated heterocycles. The largest absolute Gasteiger partial charge is 0.285 e. The lowest BCUT2D eigenvalue weighted by molar-refractivity contribution is -0.128. The van der Waals surface area contributed by atoms with Crippen LogP contribution in [0.25, 0.3) is 0 Å². The van der Waals surface area contributed by atoms with Crippen molar-refractivity contribution in [2.75, 3.05) is 0 Å². The van der Waals surface area contributed by atoms with Crippen molar-refractivity contribution in [2.45, 2.75) is 55.4 Å². The number of carbonyl (C=O) groups excluding carboxylic acids is 1. The highest BCUT2D eigenvalue weighted by Gasteiger charge is 2.48. The first-order chi connectivity index (χ1) is 6.85. The molecular formula is C13H25O2P. The molecule has 0 amide bonds. The molecule has 0 aliphatic heterocycles. The van der Waals surface area contributed by atoms with Crippen molar-refractivity contribution < 1.29 is 9.36 Å². The second kappa shape index (κ2) is 4.56. The number of hydrogen-bond donors (Lipinski definition) is 0. The predicted molar refractivity (Wildman–Crippen MR) is 68.8 cm³/mol. The molecule has 0 aliphatic rings. The summed E-state index contributed by atoms with van der Waals surface area (Å²) in [5, 5.41) is 0. The molecule has 0 aromatic heterocycles. The van der Waals surface area contributed by atoms with E-state index < -0.39 is 5.41 Å². The lowest BCUT2D eigenvalue weighted by atomic mass is 9.56. The Balaban J connectivity index is 5.54. The fraction of sp³-hybridized carbons (Fsp3) is 0.923. The zero-order chi connectivity index (χ0) is 13.4. The average molecular weight is 244 g/mol. The monoisotopic (exact) mass is 244 g/mol. The Morgan fingerprint density at radius 2 is 1.19 bits per heavy atom. The van der Waals surface area contributed by atoms with Crippen LogP contribution in [0.1, 0.15) is 55.4 Å². The maximum Gasteiger partial charge on any atom is 0.232 e. The van der Waals surface area contributed by atoms with E-state index in [0.29, 0.717) is 0 Å². The third-order valence-electron chi connectivity index (χ3n) is 3.09. The maximum atomic E-state index is 11.8. The molecule has 16 heavy (non-hydrogen) atoms. The normalized spacial score (nSPS) is 14.6. The molecule has 0 aromatic rings. The van der Waals surface area contributed by atoms with Gasteiger partial charge in [-0.3, -0.25) is 9.36 Å². The minimum Gasteiger partial charge on any atom is -0.285 e. The molecule has 94 valence electrons. The Morgan fingerprint density at radius 1 is 0.875 bits per heavy atom. The third-order valence-corrected chi connectivity index (χ3v) is 3.83. The molecule has 0 unspecified atom stereocenters. The van der Waals surface area contributed by atoms with Crippen molar-refractivity contribution in [3.63, 3.8) is 0 Å². The molecule has 0 N–H and O–H groups in total. The van der Waals surface area contributed by atoms with Gasteiger partial charge in [-0.25, -0.2) is 0 Å². The van der Waals surface area contributed by atoms with Gasteiger partial charge in [0, 0.05) is 5.41 Å². The van der Waals surface area contributed by atoms with Gasteiger partial charge in [0.05, 0.1) is 0 Å². The molecule has 0 spiro atoms. The summed E-state index contributed by atoms with van der Waals surface area (Å²) in [7, 11) is -0.376. The van der Waals surface area contributed by atoms with Crippen molar-refractivity contribution in [1.29, 1.82) is 0 Å². The number of carbonyl (C=O) groups is 1. The molecule has 2 nitrogen and oxygen atoms in total. The van der Waals surface area contributed by atoms with Crippen molar-refractivity contribution >= 4 is 14.0 Å². The lowest BCUT2D eigenvalue weighted by Crippen LogP contribution is -2.46. The maximum absolute atomic E-state index is 11.8. The Bertz CT molecular complexity index is 265. The molecular weight excluding hydrogens is 219 g/mol. The summed E-state index contributed by atoms with van der Waals surface area (Å²) in [6.45, 7) is 16.6. The molecule has 0 aliphatic carbocycles. The summed E-state index contributed by atoms with van der Waals surface area (Å²) < 4.78 is 10.9. The van der Waals surface area contributed by atoms with Gasteiger partial charge >= 0.3 is 0 Å². The van der Waals surface area contributed by atoms with Gasteiger partial charge in [0.15, 0.2) is 0 Å². The van der Waals surface area contributed by atoms with Crippen LogP contribution in [-0.4, -0.2) is 5.52 Å². The van der Waals surface area contributed by atoms with Crippen LogP contribution in [0.2, 0.25) is 0 Å². The highest BCUT2D eigenvalue weighted by Crippen LogP contribution is 2.51. The van der Waals surface area contributed by atoms with E-state index in [1.807, 2.05) is 13.8 Å².